The first kappa shape index (κ1) is 23.2. The summed E-state index contributed by atoms with van der Waals surface area (Å²) in [6.07, 6.45) is 0. The Morgan fingerprint density at radius 3 is 2.32 bits per heavy atom. The van der Waals surface area contributed by atoms with Crippen LogP contribution < -0.4 is 15.5 Å². The molecule has 174 valence electrons. The maximum atomic E-state index is 13.1. The fourth-order valence-corrected chi connectivity index (χ4v) is 3.52. The topological polar surface area (TPSA) is 70.2 Å². The van der Waals surface area contributed by atoms with Gasteiger partial charge in [-0.25, -0.2) is 9.37 Å². The lowest BCUT2D eigenvalue weighted by Gasteiger charge is -2.16. The molecule has 0 fully saturated rings. The summed E-state index contributed by atoms with van der Waals surface area (Å²) in [7, 11) is 3.85. The molecule has 7 heteroatoms. The Bertz CT molecular complexity index is 1300. The minimum atomic E-state index is -0.372. The van der Waals surface area contributed by atoms with Gasteiger partial charge in [0.05, 0.1) is 5.52 Å². The average molecular weight is 458 g/mol. The zero-order chi connectivity index (χ0) is 24.2. The molecular formula is C27H28FN5O. The number of amides is 1. The number of hydrogen-bond acceptors (Lipinski definition) is 5. The van der Waals surface area contributed by atoms with Gasteiger partial charge < -0.3 is 15.5 Å². The highest BCUT2D eigenvalue weighted by atomic mass is 19.1. The van der Waals surface area contributed by atoms with E-state index in [4.69, 9.17) is 9.97 Å². The van der Waals surface area contributed by atoms with Crippen molar-refractivity contribution in [3.05, 3.63) is 89.2 Å². The van der Waals surface area contributed by atoms with Gasteiger partial charge in [-0.2, -0.15) is 4.98 Å². The van der Waals surface area contributed by atoms with Gasteiger partial charge in [-0.15, -0.1) is 0 Å². The predicted octanol–water partition coefficient (Wildman–Crippen LogP) is 5.82. The predicted molar refractivity (Wildman–Crippen MR) is 136 cm³/mol. The number of benzene rings is 3. The van der Waals surface area contributed by atoms with Gasteiger partial charge in [-0.3, -0.25) is 4.79 Å². The Morgan fingerprint density at radius 1 is 0.971 bits per heavy atom. The first-order valence-corrected chi connectivity index (χ1v) is 11.2. The normalized spacial score (nSPS) is 11.0. The van der Waals surface area contributed by atoms with Crippen molar-refractivity contribution in [2.75, 3.05) is 29.6 Å². The number of nitrogens with zero attached hydrogens (tertiary/aromatic N) is 3. The maximum absolute atomic E-state index is 13.1. The van der Waals surface area contributed by atoms with E-state index in [0.717, 1.165) is 22.3 Å². The van der Waals surface area contributed by atoms with Crippen LogP contribution in [0.15, 0.2) is 66.7 Å². The minimum absolute atomic E-state index is 0.282. The summed E-state index contributed by atoms with van der Waals surface area (Å²) in [5.41, 5.74) is 4.25. The third kappa shape index (κ3) is 5.31. The first-order chi connectivity index (χ1) is 16.3. The molecule has 4 rings (SSSR count). The lowest BCUT2D eigenvalue weighted by molar-refractivity contribution is 0.102. The van der Waals surface area contributed by atoms with Gasteiger partial charge >= 0.3 is 0 Å². The molecule has 6 nitrogen and oxygen atoms in total. The zero-order valence-corrected chi connectivity index (χ0v) is 19.8. The zero-order valence-electron chi connectivity index (χ0n) is 19.8. The highest BCUT2D eigenvalue weighted by Crippen LogP contribution is 2.27. The second-order valence-electron chi connectivity index (χ2n) is 8.71. The van der Waals surface area contributed by atoms with E-state index in [2.05, 4.69) is 42.7 Å². The van der Waals surface area contributed by atoms with E-state index in [9.17, 15) is 9.18 Å². The number of fused-ring (bicyclic) bond motifs is 1. The molecule has 0 bridgehead atoms. The Labute approximate surface area is 198 Å². The molecule has 0 radical (unpaired) electrons. The number of carbonyl (C=O) groups is 1. The fraction of sp³-hybridized carbons (Fsp3) is 0.222. The number of carbonyl (C=O) groups excluding carboxylic acids is 1. The summed E-state index contributed by atoms with van der Waals surface area (Å²) in [5, 5.41) is 7.24. The maximum Gasteiger partial charge on any atom is 0.255 e. The van der Waals surface area contributed by atoms with Crippen LogP contribution in [0, 0.1) is 5.82 Å². The quantitative estimate of drug-likeness (QED) is 0.366. The van der Waals surface area contributed by atoms with E-state index in [-0.39, 0.29) is 11.7 Å². The number of nitrogens with one attached hydrogen (secondary N) is 2. The van der Waals surface area contributed by atoms with E-state index >= 15 is 0 Å². The molecule has 0 saturated heterocycles. The van der Waals surface area contributed by atoms with Gasteiger partial charge in [0.1, 0.15) is 11.6 Å². The van der Waals surface area contributed by atoms with Crippen molar-refractivity contribution in [1.82, 2.24) is 9.97 Å². The molecule has 0 unspecified atom stereocenters. The van der Waals surface area contributed by atoms with Crippen LogP contribution in [0.3, 0.4) is 0 Å². The lowest BCUT2D eigenvalue weighted by Crippen LogP contribution is -2.14. The molecule has 0 atom stereocenters. The average Bonchev–Trinajstić information content (AvgIpc) is 2.83. The van der Waals surface area contributed by atoms with Crippen LogP contribution in [0.4, 0.5) is 21.8 Å². The van der Waals surface area contributed by atoms with Gasteiger partial charge in [-0.1, -0.05) is 32.0 Å². The first-order valence-electron chi connectivity index (χ1n) is 11.2. The van der Waals surface area contributed by atoms with Crippen LogP contribution in [0.1, 0.15) is 41.3 Å². The molecule has 3 aromatic carbocycles. The largest absolute Gasteiger partial charge is 0.365 e. The van der Waals surface area contributed by atoms with Crippen LogP contribution in [0.5, 0.6) is 0 Å². The number of halogens is 1. The molecule has 0 spiro atoms. The van der Waals surface area contributed by atoms with Crippen LogP contribution in [0.2, 0.25) is 0 Å². The van der Waals surface area contributed by atoms with E-state index in [1.165, 1.54) is 29.8 Å². The Hall–Kier alpha value is -4.00. The smallest absolute Gasteiger partial charge is 0.255 e. The summed E-state index contributed by atoms with van der Waals surface area (Å²) >= 11 is 0. The van der Waals surface area contributed by atoms with Gasteiger partial charge in [0.2, 0.25) is 5.95 Å². The number of anilines is 3. The third-order valence-corrected chi connectivity index (χ3v) is 5.55. The molecule has 0 aliphatic heterocycles. The number of rotatable bonds is 7. The van der Waals surface area contributed by atoms with Crippen LogP contribution in [-0.2, 0) is 6.54 Å². The molecule has 2 N–H and O–H groups in total. The van der Waals surface area contributed by atoms with E-state index in [1.54, 1.807) is 0 Å². The van der Waals surface area contributed by atoms with Crippen molar-refractivity contribution < 1.29 is 9.18 Å². The van der Waals surface area contributed by atoms with Crippen LogP contribution >= 0.6 is 0 Å². The Kier molecular flexibility index (Phi) is 6.72. The van der Waals surface area contributed by atoms with Crippen molar-refractivity contribution in [2.24, 2.45) is 0 Å². The summed E-state index contributed by atoms with van der Waals surface area (Å²) in [4.78, 5) is 23.7. The molecule has 0 aliphatic rings. The summed E-state index contributed by atoms with van der Waals surface area (Å²) in [6, 6.07) is 19.3. The van der Waals surface area contributed by atoms with Gasteiger partial charge in [-0.05, 0) is 65.6 Å². The SMILES string of the molecule is CC(C)c1ccc2c(NCc3ccc(NC(=O)c4ccc(F)cc4)cc3)nc(N(C)C)nc2c1. The summed E-state index contributed by atoms with van der Waals surface area (Å²) in [6.45, 7) is 4.90. The van der Waals surface area contributed by atoms with Crippen LogP contribution in [-0.4, -0.2) is 30.0 Å². The van der Waals surface area contributed by atoms with Crippen molar-refractivity contribution in [2.45, 2.75) is 26.3 Å². The second kappa shape index (κ2) is 9.87. The summed E-state index contributed by atoms with van der Waals surface area (Å²) < 4.78 is 13.1. The van der Waals surface area contributed by atoms with E-state index in [1.807, 2.05) is 43.3 Å². The molecule has 4 aromatic rings. The molecule has 0 aliphatic carbocycles. The number of aromatic nitrogens is 2. The van der Waals surface area contributed by atoms with E-state index < -0.39 is 0 Å². The second-order valence-corrected chi connectivity index (χ2v) is 8.71. The van der Waals surface area contributed by atoms with Crippen LogP contribution in [0.25, 0.3) is 10.9 Å². The minimum Gasteiger partial charge on any atom is -0.365 e. The highest BCUT2D eigenvalue weighted by molar-refractivity contribution is 6.04. The number of hydrogen-bond donors (Lipinski definition) is 2. The van der Waals surface area contributed by atoms with Crippen molar-refractivity contribution in [3.63, 3.8) is 0 Å². The van der Waals surface area contributed by atoms with Gasteiger partial charge in [0.25, 0.3) is 5.91 Å². The van der Waals surface area contributed by atoms with E-state index in [0.29, 0.717) is 29.7 Å². The molecule has 34 heavy (non-hydrogen) atoms. The van der Waals surface area contributed by atoms with Gasteiger partial charge in [0, 0.05) is 37.3 Å². The van der Waals surface area contributed by atoms with Gasteiger partial charge in [0.15, 0.2) is 0 Å². The molecular weight excluding hydrogens is 429 g/mol. The molecule has 1 aromatic heterocycles. The Balaban J connectivity index is 1.49. The molecule has 0 saturated carbocycles. The standard InChI is InChI=1S/C27H28FN5O/c1-17(2)20-9-14-23-24(15-20)31-27(33(3)4)32-25(23)29-16-18-5-12-22(13-6-18)30-26(34)19-7-10-21(28)11-8-19/h5-15,17H,16H2,1-4H3,(H,30,34)(H,29,31,32). The van der Waals surface area contributed by atoms with Crippen molar-refractivity contribution in [1.29, 1.82) is 0 Å². The Morgan fingerprint density at radius 2 is 1.68 bits per heavy atom. The third-order valence-electron chi connectivity index (χ3n) is 5.55. The highest BCUT2D eigenvalue weighted by Gasteiger charge is 2.11. The van der Waals surface area contributed by atoms with Crippen molar-refractivity contribution >= 4 is 34.3 Å². The lowest BCUT2D eigenvalue weighted by atomic mass is 10.0. The molecule has 1 amide bonds. The monoisotopic (exact) mass is 457 g/mol. The molecule has 1 heterocycles. The summed E-state index contributed by atoms with van der Waals surface area (Å²) in [5.74, 6) is 1.19. The van der Waals surface area contributed by atoms with Crippen molar-refractivity contribution in [3.8, 4) is 0 Å². The fourth-order valence-electron chi connectivity index (χ4n) is 3.52.